The Hall–Kier alpha value is -11.5. The summed E-state index contributed by atoms with van der Waals surface area (Å²) < 4.78 is 11.6. The number of fused-ring (bicyclic) bond motifs is 13. The first-order valence-electron chi connectivity index (χ1n) is 31.3. The van der Waals surface area contributed by atoms with Crippen molar-refractivity contribution >= 4 is 77.5 Å². The molecule has 5 aromatic heterocycles. The van der Waals surface area contributed by atoms with Crippen molar-refractivity contribution in [2.24, 2.45) is 0 Å². The van der Waals surface area contributed by atoms with Crippen LogP contribution in [0.2, 0.25) is 0 Å². The molecule has 12 aromatic carbocycles. The van der Waals surface area contributed by atoms with E-state index in [-0.39, 0.29) is 10.8 Å². The minimum Gasteiger partial charge on any atom is -0.309 e. The van der Waals surface area contributed by atoms with E-state index in [1.54, 1.807) is 0 Å². The summed E-state index contributed by atoms with van der Waals surface area (Å²) in [6.45, 7) is 13.7. The second kappa shape index (κ2) is 20.3. The first-order chi connectivity index (χ1) is 44.4. The minimum absolute atomic E-state index is 0.105. The van der Waals surface area contributed by atoms with Gasteiger partial charge in [-0.05, 0) is 170 Å². The molecule has 17 rings (SSSR count). The molecule has 0 bridgehead atoms. The number of hydrogen-bond donors (Lipinski definition) is 0. The molecule has 0 saturated carbocycles. The average molecular weight is 1170 g/mol. The van der Waals surface area contributed by atoms with E-state index in [1.165, 1.54) is 21.9 Å². The number of hydrogen-bond acceptors (Lipinski definition) is 3. The molecule has 91 heavy (non-hydrogen) atoms. The molecule has 0 aliphatic heterocycles. The summed E-state index contributed by atoms with van der Waals surface area (Å²) in [6.07, 6.45) is 0. The SMILES string of the molecule is CC(C)(C)c1ccc2c(c1)c1cc(C(C)(C)C)ccc1n2-c1cc(-c2ccccc2)c(-c2ccc3nc4n(-c5ccccc5)c5ccc(-c6ccccc6)cc5n4c3c2)c(C#N)c1-c1ccc2nc3n(-c4ccccc4)c4ccc(-c5ccccc5)cc4n3c2c1. The molecule has 0 saturated heterocycles. The molecule has 0 atom stereocenters. The predicted octanol–water partition coefficient (Wildman–Crippen LogP) is 21.1. The minimum atomic E-state index is -0.105. The van der Waals surface area contributed by atoms with Crippen molar-refractivity contribution in [3.8, 4) is 78.8 Å². The van der Waals surface area contributed by atoms with Crippen molar-refractivity contribution in [2.45, 2.75) is 52.4 Å². The standard InChI is InChI=1S/C83H62N8/c1-82(2,3)59-36-42-69-64(48-59)65-49-60(83(4,5)6)37-43-70(65)89(69)77-50-63(54-26-16-9-17-27-54)78(57-32-38-67-73(46-57)90-75-44-55(52-22-12-7-13-23-52)34-40-71(75)87(80(90)85-67)61-28-18-10-19-29-61)66(51-84)79(77)58-33-39-68-74(47-58)91-76-45-56(53-24-14-8-15-25-53)35-41-72(76)88(81(91)86-68)62-30-20-11-21-31-62/h7-50H,1-6H3. The van der Waals surface area contributed by atoms with Gasteiger partial charge in [0.2, 0.25) is 11.6 Å². The molecule has 0 radical (unpaired) electrons. The summed E-state index contributed by atoms with van der Waals surface area (Å²) in [7, 11) is 0. The number of imidazole rings is 4. The summed E-state index contributed by atoms with van der Waals surface area (Å²) >= 11 is 0. The van der Waals surface area contributed by atoms with Crippen molar-refractivity contribution in [3.05, 3.63) is 284 Å². The van der Waals surface area contributed by atoms with Gasteiger partial charge in [0, 0.05) is 33.3 Å². The first-order valence-corrected chi connectivity index (χ1v) is 31.3. The van der Waals surface area contributed by atoms with Gasteiger partial charge in [-0.1, -0.05) is 205 Å². The summed E-state index contributed by atoms with van der Waals surface area (Å²) in [6, 6.07) is 98.7. The van der Waals surface area contributed by atoms with Gasteiger partial charge < -0.3 is 4.57 Å². The zero-order valence-electron chi connectivity index (χ0n) is 51.5. The van der Waals surface area contributed by atoms with Crippen molar-refractivity contribution in [2.75, 3.05) is 0 Å². The lowest BCUT2D eigenvalue weighted by Gasteiger charge is -2.23. The maximum Gasteiger partial charge on any atom is 0.220 e. The Balaban J connectivity index is 1.00. The summed E-state index contributed by atoms with van der Waals surface area (Å²) in [5.41, 5.74) is 25.5. The zero-order chi connectivity index (χ0) is 61.4. The van der Waals surface area contributed by atoms with E-state index in [0.717, 1.165) is 139 Å². The summed E-state index contributed by atoms with van der Waals surface area (Å²) in [5, 5.41) is 14.9. The third kappa shape index (κ3) is 8.49. The Morgan fingerprint density at radius 1 is 0.319 bits per heavy atom. The second-order valence-electron chi connectivity index (χ2n) is 26.2. The van der Waals surface area contributed by atoms with Crippen LogP contribution in [0.15, 0.2) is 267 Å². The largest absolute Gasteiger partial charge is 0.309 e. The molecule has 0 fully saturated rings. The van der Waals surface area contributed by atoms with Gasteiger partial charge in [0.1, 0.15) is 6.07 Å². The molecule has 5 heterocycles. The van der Waals surface area contributed by atoms with Gasteiger partial charge >= 0.3 is 0 Å². The van der Waals surface area contributed by atoms with Gasteiger partial charge in [0.15, 0.2) is 0 Å². The first kappa shape index (κ1) is 53.7. The Morgan fingerprint density at radius 2 is 0.703 bits per heavy atom. The van der Waals surface area contributed by atoms with E-state index in [2.05, 4.69) is 337 Å². The van der Waals surface area contributed by atoms with Crippen molar-refractivity contribution in [1.82, 2.24) is 32.5 Å². The fourth-order valence-corrected chi connectivity index (χ4v) is 14.1. The maximum absolute atomic E-state index is 12.6. The highest BCUT2D eigenvalue weighted by atomic mass is 15.2. The van der Waals surface area contributed by atoms with Gasteiger partial charge in [-0.25, -0.2) is 9.97 Å². The highest BCUT2D eigenvalue weighted by Gasteiger charge is 2.29. The van der Waals surface area contributed by atoms with E-state index in [0.29, 0.717) is 5.56 Å². The molecule has 8 heteroatoms. The quantitative estimate of drug-likeness (QED) is 0.152. The Bertz CT molecular complexity index is 5750. The Morgan fingerprint density at radius 3 is 1.13 bits per heavy atom. The van der Waals surface area contributed by atoms with Gasteiger partial charge in [0.05, 0.1) is 66.4 Å². The van der Waals surface area contributed by atoms with Gasteiger partial charge in [-0.3, -0.25) is 17.9 Å². The molecule has 0 N–H and O–H groups in total. The van der Waals surface area contributed by atoms with Crippen LogP contribution in [0.3, 0.4) is 0 Å². The highest BCUT2D eigenvalue weighted by molar-refractivity contribution is 6.12. The molecule has 0 aliphatic rings. The number of aromatic nitrogens is 7. The number of nitriles is 1. The van der Waals surface area contributed by atoms with Crippen molar-refractivity contribution in [1.29, 1.82) is 5.26 Å². The molecule has 0 spiro atoms. The average Bonchev–Trinajstić information content (AvgIpc) is 1.65. The van der Waals surface area contributed by atoms with Gasteiger partial charge in [0.25, 0.3) is 0 Å². The van der Waals surface area contributed by atoms with E-state index in [1.807, 2.05) is 0 Å². The fraction of sp³-hybridized carbons (Fsp3) is 0.0964. The lowest BCUT2D eigenvalue weighted by molar-refractivity contribution is 0.590. The lowest BCUT2D eigenvalue weighted by Crippen LogP contribution is -2.10. The molecule has 0 aliphatic carbocycles. The van der Waals surface area contributed by atoms with Crippen LogP contribution < -0.4 is 0 Å². The molecular weight excluding hydrogens is 1110 g/mol. The molecule has 0 unspecified atom stereocenters. The molecule has 434 valence electrons. The van der Waals surface area contributed by atoms with E-state index < -0.39 is 0 Å². The number of para-hydroxylation sites is 2. The maximum atomic E-state index is 12.6. The summed E-state index contributed by atoms with van der Waals surface area (Å²) in [5.74, 6) is 1.61. The number of benzene rings is 12. The number of rotatable bonds is 8. The molecular formula is C83H62N8. The highest BCUT2D eigenvalue weighted by Crippen LogP contribution is 2.49. The van der Waals surface area contributed by atoms with Crippen molar-refractivity contribution < 1.29 is 0 Å². The van der Waals surface area contributed by atoms with Crippen LogP contribution in [0.4, 0.5) is 0 Å². The van der Waals surface area contributed by atoms with Crippen LogP contribution in [0.1, 0.15) is 58.2 Å². The van der Waals surface area contributed by atoms with Gasteiger partial charge in [-0.2, -0.15) is 5.26 Å². The zero-order valence-corrected chi connectivity index (χ0v) is 51.5. The Kier molecular flexibility index (Phi) is 12.0. The van der Waals surface area contributed by atoms with Crippen molar-refractivity contribution in [3.63, 3.8) is 0 Å². The predicted molar refractivity (Wildman–Crippen MR) is 376 cm³/mol. The van der Waals surface area contributed by atoms with Gasteiger partial charge in [-0.15, -0.1) is 0 Å². The normalized spacial score (nSPS) is 12.3. The Labute approximate surface area is 527 Å². The second-order valence-corrected chi connectivity index (χ2v) is 26.2. The van der Waals surface area contributed by atoms with Crippen LogP contribution in [-0.2, 0) is 10.8 Å². The monoisotopic (exact) mass is 1170 g/mol. The fourth-order valence-electron chi connectivity index (χ4n) is 14.1. The number of nitrogens with zero attached hydrogens (tertiary/aromatic N) is 8. The third-order valence-electron chi connectivity index (χ3n) is 18.6. The lowest BCUT2D eigenvalue weighted by atomic mass is 9.84. The van der Waals surface area contributed by atoms with Crippen LogP contribution >= 0.6 is 0 Å². The smallest absolute Gasteiger partial charge is 0.220 e. The van der Waals surface area contributed by atoms with Crippen LogP contribution in [0.5, 0.6) is 0 Å². The van der Waals surface area contributed by atoms with E-state index >= 15 is 0 Å². The molecule has 17 aromatic rings. The third-order valence-corrected chi connectivity index (χ3v) is 18.6. The summed E-state index contributed by atoms with van der Waals surface area (Å²) in [4.78, 5) is 11.0. The van der Waals surface area contributed by atoms with E-state index in [9.17, 15) is 5.26 Å². The van der Waals surface area contributed by atoms with E-state index in [4.69, 9.17) is 9.97 Å². The topological polar surface area (TPSA) is 73.2 Å². The van der Waals surface area contributed by atoms with Crippen LogP contribution in [0, 0.1) is 11.3 Å². The molecule has 8 nitrogen and oxygen atoms in total. The molecule has 0 amide bonds. The van der Waals surface area contributed by atoms with Crippen LogP contribution in [-0.4, -0.2) is 32.5 Å². The van der Waals surface area contributed by atoms with Crippen LogP contribution in [0.25, 0.3) is 150 Å².